The summed E-state index contributed by atoms with van der Waals surface area (Å²) in [6.07, 6.45) is 4.76. The molecule has 0 spiro atoms. The fraction of sp³-hybridized carbons (Fsp3) is 0.200. The maximum Gasteiger partial charge on any atom is 0.246 e. The Morgan fingerprint density at radius 2 is 2.05 bits per heavy atom. The standard InChI is InChI=1S/C15H15Cl2N3O/c1-19(10-14-13(17)9-18-20(14)2)15(21)8-7-11-5-3-4-6-12(11)16/h3-9H,10H2,1-2H3/b8-7+. The van der Waals surface area contributed by atoms with Crippen LogP contribution in [0.2, 0.25) is 10.0 Å². The molecule has 0 atom stereocenters. The number of amides is 1. The summed E-state index contributed by atoms with van der Waals surface area (Å²) >= 11 is 12.1. The van der Waals surface area contributed by atoms with Crippen molar-refractivity contribution in [3.8, 4) is 0 Å². The van der Waals surface area contributed by atoms with Crippen LogP contribution >= 0.6 is 23.2 Å². The van der Waals surface area contributed by atoms with Gasteiger partial charge in [0.15, 0.2) is 0 Å². The highest BCUT2D eigenvalue weighted by atomic mass is 35.5. The van der Waals surface area contributed by atoms with Gasteiger partial charge in [0, 0.05) is 25.2 Å². The third-order valence-corrected chi connectivity index (χ3v) is 3.74. The molecule has 110 valence electrons. The lowest BCUT2D eigenvalue weighted by Gasteiger charge is -2.15. The SMILES string of the molecule is CN(Cc1c(Cl)cnn1C)C(=O)/C=C/c1ccccc1Cl. The molecule has 6 heteroatoms. The molecule has 0 aliphatic rings. The van der Waals surface area contributed by atoms with Crippen molar-refractivity contribution in [2.75, 3.05) is 7.05 Å². The molecule has 0 N–H and O–H groups in total. The third-order valence-electron chi connectivity index (χ3n) is 3.08. The molecule has 1 heterocycles. The van der Waals surface area contributed by atoms with Crippen LogP contribution in [0.15, 0.2) is 36.5 Å². The van der Waals surface area contributed by atoms with Crippen molar-refractivity contribution in [3.63, 3.8) is 0 Å². The van der Waals surface area contributed by atoms with E-state index in [1.54, 1.807) is 42.0 Å². The second-order valence-corrected chi connectivity index (χ2v) is 5.43. The lowest BCUT2D eigenvalue weighted by atomic mass is 10.2. The Morgan fingerprint density at radius 1 is 1.33 bits per heavy atom. The van der Waals surface area contributed by atoms with Gasteiger partial charge >= 0.3 is 0 Å². The van der Waals surface area contributed by atoms with Gasteiger partial charge in [-0.05, 0) is 17.7 Å². The van der Waals surface area contributed by atoms with Gasteiger partial charge in [0.1, 0.15) is 0 Å². The summed E-state index contributed by atoms with van der Waals surface area (Å²) in [4.78, 5) is 13.7. The Balaban J connectivity index is 2.05. The van der Waals surface area contributed by atoms with Crippen molar-refractivity contribution in [3.05, 3.63) is 57.8 Å². The average molecular weight is 324 g/mol. The highest BCUT2D eigenvalue weighted by molar-refractivity contribution is 6.32. The molecule has 1 aromatic heterocycles. The number of carbonyl (C=O) groups is 1. The van der Waals surface area contributed by atoms with E-state index in [1.807, 2.05) is 18.2 Å². The minimum absolute atomic E-state index is 0.132. The first-order chi connectivity index (χ1) is 9.99. The molecule has 2 rings (SSSR count). The van der Waals surface area contributed by atoms with Gasteiger partial charge in [-0.15, -0.1) is 0 Å². The van der Waals surface area contributed by atoms with E-state index in [2.05, 4.69) is 5.10 Å². The van der Waals surface area contributed by atoms with E-state index in [4.69, 9.17) is 23.2 Å². The van der Waals surface area contributed by atoms with E-state index in [-0.39, 0.29) is 5.91 Å². The molecule has 1 amide bonds. The first-order valence-corrected chi connectivity index (χ1v) is 7.08. The smallest absolute Gasteiger partial charge is 0.246 e. The van der Waals surface area contributed by atoms with E-state index in [9.17, 15) is 4.79 Å². The summed E-state index contributed by atoms with van der Waals surface area (Å²) in [5, 5.41) is 5.20. The number of nitrogens with zero attached hydrogens (tertiary/aromatic N) is 3. The van der Waals surface area contributed by atoms with Crippen LogP contribution in [0.1, 0.15) is 11.3 Å². The van der Waals surface area contributed by atoms with Gasteiger partial charge in [0.05, 0.1) is 23.5 Å². The maximum absolute atomic E-state index is 12.1. The molecular weight excluding hydrogens is 309 g/mol. The van der Waals surface area contributed by atoms with Crippen molar-refractivity contribution < 1.29 is 4.79 Å². The zero-order valence-corrected chi connectivity index (χ0v) is 13.3. The van der Waals surface area contributed by atoms with E-state index in [1.165, 1.54) is 6.08 Å². The topological polar surface area (TPSA) is 38.1 Å². The van der Waals surface area contributed by atoms with Crippen LogP contribution in [-0.4, -0.2) is 27.6 Å². The van der Waals surface area contributed by atoms with Gasteiger partial charge in [-0.1, -0.05) is 41.4 Å². The van der Waals surface area contributed by atoms with Crippen molar-refractivity contribution in [1.29, 1.82) is 0 Å². The molecule has 0 saturated carbocycles. The summed E-state index contributed by atoms with van der Waals surface area (Å²) in [7, 11) is 3.50. The lowest BCUT2D eigenvalue weighted by Crippen LogP contribution is -2.25. The van der Waals surface area contributed by atoms with Crippen LogP contribution in [0.25, 0.3) is 6.08 Å². The Hall–Kier alpha value is -1.78. The average Bonchev–Trinajstić information content (AvgIpc) is 2.78. The first kappa shape index (κ1) is 15.6. The summed E-state index contributed by atoms with van der Waals surface area (Å²) in [6.45, 7) is 0.390. The fourth-order valence-corrected chi connectivity index (χ4v) is 2.24. The largest absolute Gasteiger partial charge is 0.336 e. The molecule has 0 aliphatic carbocycles. The van der Waals surface area contributed by atoms with Gasteiger partial charge in [-0.25, -0.2) is 0 Å². The molecule has 0 aliphatic heterocycles. The molecule has 4 nitrogen and oxygen atoms in total. The predicted molar refractivity (Wildman–Crippen MR) is 85.2 cm³/mol. The minimum Gasteiger partial charge on any atom is -0.336 e. The maximum atomic E-state index is 12.1. The summed E-state index contributed by atoms with van der Waals surface area (Å²) in [6, 6.07) is 7.35. The molecular formula is C15H15Cl2N3O. The van der Waals surface area contributed by atoms with E-state index in [0.717, 1.165) is 11.3 Å². The molecule has 0 fully saturated rings. The van der Waals surface area contributed by atoms with E-state index in [0.29, 0.717) is 16.6 Å². The highest BCUT2D eigenvalue weighted by Crippen LogP contribution is 2.17. The first-order valence-electron chi connectivity index (χ1n) is 6.33. The molecule has 1 aromatic carbocycles. The van der Waals surface area contributed by atoms with Gasteiger partial charge in [0.2, 0.25) is 5.91 Å². The number of aryl methyl sites for hydroxylation is 1. The number of aromatic nitrogens is 2. The molecule has 0 radical (unpaired) electrons. The summed E-state index contributed by atoms with van der Waals surface area (Å²) in [5.74, 6) is -0.132. The number of carbonyl (C=O) groups excluding carboxylic acids is 1. The monoisotopic (exact) mass is 323 g/mol. The van der Waals surface area contributed by atoms with Crippen LogP contribution in [0.5, 0.6) is 0 Å². The summed E-state index contributed by atoms with van der Waals surface area (Å²) < 4.78 is 1.66. The predicted octanol–water partition coefficient (Wildman–Crippen LogP) is 3.40. The van der Waals surface area contributed by atoms with E-state index >= 15 is 0 Å². The molecule has 0 unspecified atom stereocenters. The van der Waals surface area contributed by atoms with Crippen molar-refractivity contribution in [1.82, 2.24) is 14.7 Å². The normalized spacial score (nSPS) is 11.0. The number of halogens is 2. The lowest BCUT2D eigenvalue weighted by molar-refractivity contribution is -0.125. The Bertz CT molecular complexity index is 660. The number of hydrogen-bond donors (Lipinski definition) is 0. The minimum atomic E-state index is -0.132. The number of benzene rings is 1. The van der Waals surface area contributed by atoms with Crippen LogP contribution < -0.4 is 0 Å². The second kappa shape index (κ2) is 6.78. The Kier molecular flexibility index (Phi) is 5.04. The summed E-state index contributed by atoms with van der Waals surface area (Å²) in [5.41, 5.74) is 1.60. The number of rotatable bonds is 4. The molecule has 2 aromatic rings. The molecule has 21 heavy (non-hydrogen) atoms. The third kappa shape index (κ3) is 3.86. The van der Waals surface area contributed by atoms with Crippen LogP contribution in [0, 0.1) is 0 Å². The van der Waals surface area contributed by atoms with Crippen molar-refractivity contribution in [2.24, 2.45) is 7.05 Å². The number of likely N-dealkylation sites (N-methyl/N-ethyl adjacent to an activating group) is 1. The van der Waals surface area contributed by atoms with Crippen molar-refractivity contribution in [2.45, 2.75) is 6.54 Å². The quantitative estimate of drug-likeness (QED) is 0.809. The van der Waals surface area contributed by atoms with Gasteiger partial charge < -0.3 is 4.90 Å². The van der Waals surface area contributed by atoms with Crippen molar-refractivity contribution >= 4 is 35.2 Å². The van der Waals surface area contributed by atoms with Gasteiger partial charge in [0.25, 0.3) is 0 Å². The fourth-order valence-electron chi connectivity index (χ4n) is 1.82. The zero-order valence-electron chi connectivity index (χ0n) is 11.8. The second-order valence-electron chi connectivity index (χ2n) is 4.61. The highest BCUT2D eigenvalue weighted by Gasteiger charge is 2.12. The van der Waals surface area contributed by atoms with Crippen LogP contribution in [0.4, 0.5) is 0 Å². The van der Waals surface area contributed by atoms with Crippen LogP contribution in [0.3, 0.4) is 0 Å². The molecule has 0 bridgehead atoms. The molecule has 0 saturated heterocycles. The Morgan fingerprint density at radius 3 is 2.67 bits per heavy atom. The zero-order chi connectivity index (χ0) is 15.4. The van der Waals surface area contributed by atoms with Gasteiger partial charge in [-0.2, -0.15) is 5.10 Å². The van der Waals surface area contributed by atoms with Crippen LogP contribution in [-0.2, 0) is 18.4 Å². The van der Waals surface area contributed by atoms with Gasteiger partial charge in [-0.3, -0.25) is 9.48 Å². The van der Waals surface area contributed by atoms with E-state index < -0.39 is 0 Å². The number of hydrogen-bond acceptors (Lipinski definition) is 2. The Labute approximate surface area is 133 Å².